The largest absolute Gasteiger partial charge is 0.370 e. The van der Waals surface area contributed by atoms with E-state index in [2.05, 4.69) is 5.48 Å². The Morgan fingerprint density at radius 1 is 1.33 bits per heavy atom. The second kappa shape index (κ2) is 5.75. The quantitative estimate of drug-likeness (QED) is 0.608. The van der Waals surface area contributed by atoms with E-state index in [0.717, 1.165) is 0 Å². The molecule has 12 heavy (non-hydrogen) atoms. The summed E-state index contributed by atoms with van der Waals surface area (Å²) in [5.74, 6) is -0.301. The van der Waals surface area contributed by atoms with Crippen LogP contribution in [0.3, 0.4) is 0 Å². The van der Waals surface area contributed by atoms with Crippen LogP contribution in [0.5, 0.6) is 0 Å². The summed E-state index contributed by atoms with van der Waals surface area (Å²) in [5, 5.41) is 0. The first kappa shape index (κ1) is 14.7. The van der Waals surface area contributed by atoms with Gasteiger partial charge in [-0.2, -0.15) is 0 Å². The smallest absolute Gasteiger partial charge is 0.327 e. The molecule has 0 aromatic heterocycles. The van der Waals surface area contributed by atoms with Gasteiger partial charge < -0.3 is 4.84 Å². The molecular weight excluding hydrogens is 250 g/mol. The Bertz CT molecular complexity index is 140. The van der Waals surface area contributed by atoms with Gasteiger partial charge in [-0.25, -0.2) is 0 Å². The fourth-order valence-electron chi connectivity index (χ4n) is 0.321. The average Bonchev–Trinajstić information content (AvgIpc) is 1.80. The molecule has 3 nitrogen and oxygen atoms in total. The summed E-state index contributed by atoms with van der Waals surface area (Å²) in [6.07, 6.45) is 0. The minimum atomic E-state index is -0.222. The monoisotopic (exact) mass is 266 g/mol. The van der Waals surface area contributed by atoms with Gasteiger partial charge in [0.15, 0.2) is 0 Å². The van der Waals surface area contributed by atoms with Crippen LogP contribution in [0.4, 0.5) is 0 Å². The Hall–Kier alpha value is 0.170. The molecule has 77 valence electrons. The van der Waals surface area contributed by atoms with Gasteiger partial charge in [0.05, 0.1) is 5.92 Å². The molecule has 0 aliphatic rings. The van der Waals surface area contributed by atoms with Gasteiger partial charge in [0.25, 0.3) is 0 Å². The van der Waals surface area contributed by atoms with E-state index in [1.54, 1.807) is 13.8 Å². The number of hydroxylamine groups is 1. The molecule has 0 rings (SSSR count). The first-order chi connectivity index (χ1) is 4.83. The number of carbonyl (C=O) groups is 1. The van der Waals surface area contributed by atoms with E-state index < -0.39 is 0 Å². The molecule has 0 aromatic carbocycles. The molecule has 0 amide bonds. The van der Waals surface area contributed by atoms with Crippen LogP contribution in [0, 0.1) is 5.92 Å². The van der Waals surface area contributed by atoms with Crippen molar-refractivity contribution in [3.05, 3.63) is 0 Å². The van der Waals surface area contributed by atoms with E-state index in [4.69, 9.17) is 4.84 Å². The number of rotatable bonds is 2. The molecule has 0 aromatic rings. The van der Waals surface area contributed by atoms with Gasteiger partial charge in [-0.15, -0.1) is 5.48 Å². The van der Waals surface area contributed by atoms with Crippen molar-refractivity contribution in [2.45, 2.75) is 40.2 Å². The minimum absolute atomic E-state index is 0. The molecule has 4 heteroatoms. The van der Waals surface area contributed by atoms with E-state index >= 15 is 0 Å². The molecular formula is C8H17AgNO2. The number of hydrogen-bond donors (Lipinski definition) is 1. The Morgan fingerprint density at radius 2 is 1.75 bits per heavy atom. The van der Waals surface area contributed by atoms with Gasteiger partial charge in [-0.05, 0) is 20.8 Å². The topological polar surface area (TPSA) is 38.3 Å². The fraction of sp³-hybridized carbons (Fsp3) is 0.875. The standard InChI is InChI=1S/C8H17NO2.Ag/c1-6(2)7(10)11-9-8(3,4)5;/h6,9H,1-5H3;. The van der Waals surface area contributed by atoms with E-state index in [0.29, 0.717) is 0 Å². The summed E-state index contributed by atoms with van der Waals surface area (Å²) < 4.78 is 0. The molecule has 0 atom stereocenters. The summed E-state index contributed by atoms with van der Waals surface area (Å²) in [5.41, 5.74) is 2.48. The third-order valence-corrected chi connectivity index (χ3v) is 0.929. The van der Waals surface area contributed by atoms with Crippen molar-refractivity contribution in [3.8, 4) is 0 Å². The van der Waals surface area contributed by atoms with Crippen LogP contribution in [0.15, 0.2) is 0 Å². The van der Waals surface area contributed by atoms with Crippen LogP contribution >= 0.6 is 0 Å². The molecule has 0 saturated heterocycles. The maximum Gasteiger partial charge on any atom is 0.327 e. The van der Waals surface area contributed by atoms with Crippen LogP contribution in [0.1, 0.15) is 34.6 Å². The Morgan fingerprint density at radius 3 is 2.00 bits per heavy atom. The molecule has 0 spiro atoms. The van der Waals surface area contributed by atoms with Crippen molar-refractivity contribution >= 4 is 5.97 Å². The number of carbonyl (C=O) groups excluding carboxylic acids is 1. The summed E-state index contributed by atoms with van der Waals surface area (Å²) in [7, 11) is 0. The zero-order valence-corrected chi connectivity index (χ0v) is 9.68. The third kappa shape index (κ3) is 8.27. The molecule has 1 radical (unpaired) electrons. The molecule has 0 saturated carbocycles. The van der Waals surface area contributed by atoms with E-state index in [1.807, 2.05) is 20.8 Å². The van der Waals surface area contributed by atoms with Crippen molar-refractivity contribution in [1.29, 1.82) is 0 Å². The summed E-state index contributed by atoms with van der Waals surface area (Å²) in [6, 6.07) is 0. The fourth-order valence-corrected chi connectivity index (χ4v) is 0.321. The van der Waals surface area contributed by atoms with Crippen molar-refractivity contribution in [2.75, 3.05) is 0 Å². The van der Waals surface area contributed by atoms with Crippen LogP contribution in [0.25, 0.3) is 0 Å². The minimum Gasteiger partial charge on any atom is -0.370 e. The van der Waals surface area contributed by atoms with Gasteiger partial charge in [-0.1, -0.05) is 13.8 Å². The van der Waals surface area contributed by atoms with Crippen LogP contribution < -0.4 is 5.48 Å². The van der Waals surface area contributed by atoms with Gasteiger partial charge in [-0.3, -0.25) is 4.79 Å². The SMILES string of the molecule is CC(C)C(=O)ONC(C)(C)C.[Ag]. The van der Waals surface area contributed by atoms with E-state index in [-0.39, 0.29) is 39.8 Å². The normalized spacial score (nSPS) is 10.8. The van der Waals surface area contributed by atoms with Crippen molar-refractivity contribution in [3.63, 3.8) is 0 Å². The predicted octanol–water partition coefficient (Wildman–Crippen LogP) is 1.49. The number of hydrogen-bond acceptors (Lipinski definition) is 3. The Labute approximate surface area is 89.7 Å². The van der Waals surface area contributed by atoms with Crippen molar-refractivity contribution < 1.29 is 32.0 Å². The molecule has 0 fully saturated rings. The second-order valence-corrected chi connectivity index (χ2v) is 3.93. The molecule has 0 aliphatic carbocycles. The maximum atomic E-state index is 10.9. The van der Waals surface area contributed by atoms with E-state index in [1.165, 1.54) is 0 Å². The molecule has 1 N–H and O–H groups in total. The summed E-state index contributed by atoms with van der Waals surface area (Å²) in [6.45, 7) is 9.39. The zero-order valence-electron chi connectivity index (χ0n) is 8.20. The van der Waals surface area contributed by atoms with Crippen molar-refractivity contribution in [2.24, 2.45) is 5.92 Å². The molecule has 0 aliphatic heterocycles. The Balaban J connectivity index is 0. The van der Waals surface area contributed by atoms with Crippen LogP contribution in [-0.4, -0.2) is 11.5 Å². The van der Waals surface area contributed by atoms with Crippen LogP contribution in [0.2, 0.25) is 0 Å². The van der Waals surface area contributed by atoms with E-state index in [9.17, 15) is 4.79 Å². The van der Waals surface area contributed by atoms with Gasteiger partial charge in [0.1, 0.15) is 0 Å². The second-order valence-electron chi connectivity index (χ2n) is 3.93. The third-order valence-electron chi connectivity index (χ3n) is 0.929. The number of nitrogens with one attached hydrogen (secondary N) is 1. The summed E-state index contributed by atoms with van der Waals surface area (Å²) in [4.78, 5) is 15.7. The van der Waals surface area contributed by atoms with Crippen molar-refractivity contribution in [1.82, 2.24) is 5.48 Å². The zero-order chi connectivity index (χ0) is 9.07. The van der Waals surface area contributed by atoms with Gasteiger partial charge >= 0.3 is 5.97 Å². The first-order valence-electron chi connectivity index (χ1n) is 3.81. The predicted molar refractivity (Wildman–Crippen MR) is 43.8 cm³/mol. The summed E-state index contributed by atoms with van der Waals surface area (Å²) >= 11 is 0. The Kier molecular flexibility index (Phi) is 7.04. The first-order valence-corrected chi connectivity index (χ1v) is 3.81. The molecule has 0 bridgehead atoms. The maximum absolute atomic E-state index is 10.9. The molecule has 0 unspecified atom stereocenters. The van der Waals surface area contributed by atoms with Gasteiger partial charge in [0, 0.05) is 27.9 Å². The van der Waals surface area contributed by atoms with Crippen LogP contribution in [-0.2, 0) is 32.0 Å². The van der Waals surface area contributed by atoms with Gasteiger partial charge in [0.2, 0.25) is 0 Å². The average molecular weight is 267 g/mol. The molecule has 0 heterocycles.